The van der Waals surface area contributed by atoms with Crippen molar-refractivity contribution < 1.29 is 14.2 Å². The smallest absolute Gasteiger partial charge is 0.138 e. The second-order valence-electron chi connectivity index (χ2n) is 9.95. The van der Waals surface area contributed by atoms with Gasteiger partial charge in [0.2, 0.25) is 0 Å². The Morgan fingerprint density at radius 2 is 1.87 bits per heavy atom. The lowest BCUT2D eigenvalue weighted by Gasteiger charge is -2.23. The van der Waals surface area contributed by atoms with E-state index in [1.54, 1.807) is 6.20 Å². The van der Waals surface area contributed by atoms with Crippen LogP contribution >= 0.6 is 0 Å². The molecule has 4 aromatic rings. The molecule has 1 fully saturated rings. The summed E-state index contributed by atoms with van der Waals surface area (Å²) < 4.78 is 17.2. The van der Waals surface area contributed by atoms with Gasteiger partial charge in [-0.05, 0) is 71.4 Å². The van der Waals surface area contributed by atoms with Crippen molar-refractivity contribution in [3.63, 3.8) is 0 Å². The van der Waals surface area contributed by atoms with Crippen LogP contribution in [0.2, 0.25) is 0 Å². The van der Waals surface area contributed by atoms with Crippen LogP contribution in [-0.4, -0.2) is 42.5 Å². The second-order valence-corrected chi connectivity index (χ2v) is 9.95. The highest BCUT2D eigenvalue weighted by atomic mass is 16.5. The molecule has 0 amide bonds. The van der Waals surface area contributed by atoms with E-state index in [2.05, 4.69) is 59.9 Å². The number of fused-ring (bicyclic) bond motifs is 1. The van der Waals surface area contributed by atoms with Crippen molar-refractivity contribution in [2.75, 3.05) is 26.4 Å². The lowest BCUT2D eigenvalue weighted by Crippen LogP contribution is -2.26. The van der Waals surface area contributed by atoms with Gasteiger partial charge in [0.25, 0.3) is 0 Å². The highest BCUT2D eigenvalue weighted by molar-refractivity contribution is 5.96. The number of nitrogens with one attached hydrogen (secondary N) is 1. The van der Waals surface area contributed by atoms with Crippen LogP contribution in [-0.2, 0) is 9.47 Å². The molecule has 0 radical (unpaired) electrons. The minimum Gasteiger partial charge on any atom is -0.489 e. The summed E-state index contributed by atoms with van der Waals surface area (Å²) in [5.74, 6) is 0.628. The van der Waals surface area contributed by atoms with Crippen LogP contribution in [0.3, 0.4) is 0 Å². The number of hydrogen-bond acceptors (Lipinski definition) is 5. The Labute approximate surface area is 230 Å². The monoisotopic (exact) mass is 521 g/mol. The number of pyridine rings is 1. The quantitative estimate of drug-likeness (QED) is 0.206. The van der Waals surface area contributed by atoms with Crippen molar-refractivity contribution in [1.82, 2.24) is 9.97 Å². The fourth-order valence-corrected chi connectivity index (χ4v) is 4.96. The lowest BCUT2D eigenvalue weighted by molar-refractivity contribution is 0.0254. The summed E-state index contributed by atoms with van der Waals surface area (Å²) in [6.45, 7) is 9.37. The largest absolute Gasteiger partial charge is 0.489 e. The summed E-state index contributed by atoms with van der Waals surface area (Å²) >= 11 is 0. The first-order valence-electron chi connectivity index (χ1n) is 13.8. The number of nitrogens with zero attached hydrogens (tertiary/aromatic N) is 2. The molecule has 6 nitrogen and oxygen atoms in total. The molecule has 1 N–H and O–H groups in total. The normalized spacial score (nSPS) is 13.8. The highest BCUT2D eigenvalue weighted by Gasteiger charge is 2.18. The summed E-state index contributed by atoms with van der Waals surface area (Å²) in [4.78, 5) is 8.04. The molecule has 39 heavy (non-hydrogen) atoms. The molecule has 0 spiro atoms. The maximum atomic E-state index is 9.84. The fourth-order valence-electron chi connectivity index (χ4n) is 4.96. The van der Waals surface area contributed by atoms with E-state index in [4.69, 9.17) is 14.2 Å². The number of aromatic amines is 1. The van der Waals surface area contributed by atoms with Crippen molar-refractivity contribution in [3.8, 4) is 34.2 Å². The first-order chi connectivity index (χ1) is 19.2. The van der Waals surface area contributed by atoms with Crippen LogP contribution in [0.5, 0.6) is 5.75 Å². The summed E-state index contributed by atoms with van der Waals surface area (Å²) in [5.41, 5.74) is 7.67. The van der Waals surface area contributed by atoms with Crippen molar-refractivity contribution in [1.29, 1.82) is 5.26 Å². The molecule has 1 aliphatic heterocycles. The number of rotatable bonds is 11. The van der Waals surface area contributed by atoms with Crippen LogP contribution in [0.15, 0.2) is 67.4 Å². The maximum Gasteiger partial charge on any atom is 0.138 e. The third-order valence-electron chi connectivity index (χ3n) is 7.12. The number of H-pyrrole nitrogens is 1. The molecule has 0 atom stereocenters. The van der Waals surface area contributed by atoms with Crippen molar-refractivity contribution >= 4 is 16.6 Å². The van der Waals surface area contributed by atoms with Gasteiger partial charge < -0.3 is 19.2 Å². The van der Waals surface area contributed by atoms with Crippen molar-refractivity contribution in [2.24, 2.45) is 0 Å². The minimum atomic E-state index is 0.0833. The van der Waals surface area contributed by atoms with Gasteiger partial charge in [0.1, 0.15) is 23.6 Å². The number of nitriles is 1. The molecule has 6 heteroatoms. The molecule has 2 aromatic carbocycles. The number of allylic oxidation sites excluding steroid dienone is 1. The van der Waals surface area contributed by atoms with Crippen LogP contribution < -0.4 is 4.74 Å². The Hall–Kier alpha value is -3.92. The van der Waals surface area contributed by atoms with E-state index in [0.29, 0.717) is 24.5 Å². The summed E-state index contributed by atoms with van der Waals surface area (Å²) in [6, 6.07) is 20.8. The molecular weight excluding hydrogens is 486 g/mol. The van der Waals surface area contributed by atoms with E-state index in [1.165, 1.54) is 0 Å². The first-order valence-corrected chi connectivity index (χ1v) is 13.8. The Kier molecular flexibility index (Phi) is 8.72. The Morgan fingerprint density at radius 1 is 1.08 bits per heavy atom. The molecule has 0 aliphatic carbocycles. The zero-order valence-electron chi connectivity index (χ0n) is 22.5. The van der Waals surface area contributed by atoms with Crippen molar-refractivity contribution in [3.05, 3.63) is 78.5 Å². The minimum absolute atomic E-state index is 0.0833. The van der Waals surface area contributed by atoms with Gasteiger partial charge in [-0.3, -0.25) is 0 Å². The summed E-state index contributed by atoms with van der Waals surface area (Å²) in [6.07, 6.45) is 6.51. The average molecular weight is 522 g/mol. The van der Waals surface area contributed by atoms with Gasteiger partial charge in [-0.1, -0.05) is 43.8 Å². The number of aromatic nitrogens is 2. The molecule has 3 heterocycles. The van der Waals surface area contributed by atoms with E-state index in [-0.39, 0.29) is 6.10 Å². The number of hydrogen-bond donors (Lipinski definition) is 1. The van der Waals surface area contributed by atoms with Gasteiger partial charge in [0.05, 0.1) is 18.8 Å². The molecule has 5 rings (SSSR count). The highest BCUT2D eigenvalue weighted by Crippen LogP contribution is 2.34. The topological polar surface area (TPSA) is 80.2 Å². The van der Waals surface area contributed by atoms with Gasteiger partial charge in [0, 0.05) is 43.3 Å². The van der Waals surface area contributed by atoms with Gasteiger partial charge in [-0.25, -0.2) is 4.98 Å². The van der Waals surface area contributed by atoms with Crippen LogP contribution in [0, 0.1) is 11.3 Å². The zero-order chi connectivity index (χ0) is 27.0. The Bertz CT molecular complexity index is 1460. The first kappa shape index (κ1) is 26.7. The van der Waals surface area contributed by atoms with E-state index < -0.39 is 0 Å². The standard InChI is InChI=1S/C33H35N3O3/c1-3-16-37-17-4-5-23(2)24-6-8-25(9-7-24)31-21-30-29(12-15-35-33(30)36-31)26-10-11-32(27(20-26)22-34)39-28-13-18-38-19-14-28/h6-12,15,20-21,28H,2-5,13-14,16-19H2,1H3,(H,35,36). The predicted molar refractivity (Wildman–Crippen MR) is 156 cm³/mol. The second kappa shape index (κ2) is 12.8. The van der Waals surface area contributed by atoms with E-state index >= 15 is 0 Å². The average Bonchev–Trinajstić information content (AvgIpc) is 3.42. The lowest BCUT2D eigenvalue weighted by atomic mass is 9.99. The molecular formula is C33H35N3O3. The molecule has 0 unspecified atom stereocenters. The van der Waals surface area contributed by atoms with Crippen LogP contribution in [0.4, 0.5) is 0 Å². The predicted octanol–water partition coefficient (Wildman–Crippen LogP) is 7.55. The van der Waals surface area contributed by atoms with E-state index in [0.717, 1.165) is 89.9 Å². The molecule has 200 valence electrons. The van der Waals surface area contributed by atoms with Crippen LogP contribution in [0.1, 0.15) is 50.2 Å². The Balaban J connectivity index is 1.34. The maximum absolute atomic E-state index is 9.84. The van der Waals surface area contributed by atoms with Crippen molar-refractivity contribution in [2.45, 2.75) is 45.1 Å². The molecule has 2 aromatic heterocycles. The molecule has 1 aliphatic rings. The SMILES string of the molecule is C=C(CCCOCCC)c1ccc(-c2cc3c(-c4ccc(OC5CCOCC5)c(C#N)c4)ccnc3[nH]2)cc1. The third-order valence-corrected chi connectivity index (χ3v) is 7.12. The molecule has 1 saturated heterocycles. The van der Waals surface area contributed by atoms with E-state index in [1.807, 2.05) is 24.3 Å². The summed E-state index contributed by atoms with van der Waals surface area (Å²) in [5, 5.41) is 10.9. The van der Waals surface area contributed by atoms with Crippen LogP contribution in [0.25, 0.3) is 39.0 Å². The number of ether oxygens (including phenoxy) is 3. The zero-order valence-corrected chi connectivity index (χ0v) is 22.5. The van der Waals surface area contributed by atoms with Gasteiger partial charge in [0.15, 0.2) is 0 Å². The number of benzene rings is 2. The van der Waals surface area contributed by atoms with Gasteiger partial charge in [-0.2, -0.15) is 5.26 Å². The molecule has 0 saturated carbocycles. The fraction of sp³-hybridized carbons (Fsp3) is 0.333. The Morgan fingerprint density at radius 3 is 2.64 bits per heavy atom. The third kappa shape index (κ3) is 6.39. The van der Waals surface area contributed by atoms with E-state index in [9.17, 15) is 5.26 Å². The summed E-state index contributed by atoms with van der Waals surface area (Å²) in [7, 11) is 0. The van der Waals surface area contributed by atoms with Gasteiger partial charge in [-0.15, -0.1) is 0 Å². The molecule has 0 bridgehead atoms. The van der Waals surface area contributed by atoms with Gasteiger partial charge >= 0.3 is 0 Å².